The van der Waals surface area contributed by atoms with Crippen molar-refractivity contribution in [2.24, 2.45) is 0 Å². The minimum absolute atomic E-state index is 0.362. The van der Waals surface area contributed by atoms with Crippen molar-refractivity contribution >= 4 is 23.6 Å². The molecule has 0 spiro atoms. The molecular weight excluding hydrogens is 298 g/mol. The van der Waals surface area contributed by atoms with Crippen LogP contribution in [-0.2, 0) is 19.1 Å². The van der Waals surface area contributed by atoms with Gasteiger partial charge >= 0.3 is 11.9 Å². The first-order valence-corrected chi connectivity index (χ1v) is 7.07. The molecule has 0 amide bonds. The first kappa shape index (κ1) is 15.0. The molecule has 0 N–H and O–H groups in total. The summed E-state index contributed by atoms with van der Waals surface area (Å²) in [5.41, 5.74) is 1.47. The predicted molar refractivity (Wildman–Crippen MR) is 80.7 cm³/mol. The standard InChI is InChI=1S/C16H15N3O4/c1-10(20)22-14-12-6-3-4-7-13(12)19(15(14)23-11(2)21)16-17-8-5-9-18-16/h3-9,14-15H,1-2H3. The van der Waals surface area contributed by atoms with Gasteiger partial charge in [0.05, 0.1) is 5.69 Å². The van der Waals surface area contributed by atoms with Gasteiger partial charge in [0.25, 0.3) is 0 Å². The molecule has 0 saturated heterocycles. The smallest absolute Gasteiger partial charge is 0.304 e. The number of hydrogen-bond acceptors (Lipinski definition) is 7. The van der Waals surface area contributed by atoms with Crippen LogP contribution >= 0.6 is 0 Å². The summed E-state index contributed by atoms with van der Waals surface area (Å²) in [6.07, 6.45) is 1.59. The van der Waals surface area contributed by atoms with Crippen LogP contribution in [0.15, 0.2) is 42.7 Å². The predicted octanol–water partition coefficient (Wildman–Crippen LogP) is 2.12. The zero-order valence-corrected chi connectivity index (χ0v) is 12.7. The summed E-state index contributed by atoms with van der Waals surface area (Å²) < 4.78 is 10.8. The lowest BCUT2D eigenvalue weighted by Crippen LogP contribution is -2.36. The number of carbonyl (C=O) groups excluding carboxylic acids is 2. The number of benzene rings is 1. The summed E-state index contributed by atoms with van der Waals surface area (Å²) in [5.74, 6) is -0.584. The van der Waals surface area contributed by atoms with E-state index < -0.39 is 24.3 Å². The van der Waals surface area contributed by atoms with E-state index >= 15 is 0 Å². The number of carbonyl (C=O) groups is 2. The largest absolute Gasteiger partial charge is 0.451 e. The normalized spacial score (nSPS) is 19.1. The Balaban J connectivity index is 2.11. The number of anilines is 2. The first-order chi connectivity index (χ1) is 11.1. The molecule has 1 aromatic heterocycles. The number of nitrogens with zero attached hydrogens (tertiary/aromatic N) is 3. The maximum Gasteiger partial charge on any atom is 0.304 e. The fourth-order valence-electron chi connectivity index (χ4n) is 2.60. The second kappa shape index (κ2) is 6.04. The van der Waals surface area contributed by atoms with E-state index in [0.717, 1.165) is 11.3 Å². The van der Waals surface area contributed by atoms with Crippen LogP contribution in [-0.4, -0.2) is 28.1 Å². The molecule has 0 aliphatic carbocycles. The zero-order valence-electron chi connectivity index (χ0n) is 12.7. The molecule has 0 radical (unpaired) electrons. The summed E-state index contributed by atoms with van der Waals surface area (Å²) >= 11 is 0. The van der Waals surface area contributed by atoms with Crippen LogP contribution in [0.3, 0.4) is 0 Å². The van der Waals surface area contributed by atoms with E-state index in [9.17, 15) is 9.59 Å². The van der Waals surface area contributed by atoms with Crippen LogP contribution in [0.2, 0.25) is 0 Å². The van der Waals surface area contributed by atoms with Crippen LogP contribution in [0, 0.1) is 0 Å². The molecule has 2 atom stereocenters. The molecule has 3 rings (SSSR count). The summed E-state index contributed by atoms with van der Waals surface area (Å²) in [4.78, 5) is 33.1. The molecule has 1 aliphatic heterocycles. The van der Waals surface area contributed by atoms with Gasteiger partial charge in [-0.2, -0.15) is 0 Å². The van der Waals surface area contributed by atoms with Crippen LogP contribution < -0.4 is 4.90 Å². The highest BCUT2D eigenvalue weighted by molar-refractivity contribution is 5.73. The van der Waals surface area contributed by atoms with E-state index in [0.29, 0.717) is 5.95 Å². The average molecular weight is 313 g/mol. The quantitative estimate of drug-likeness (QED) is 0.803. The lowest BCUT2D eigenvalue weighted by Gasteiger charge is -2.27. The monoisotopic (exact) mass is 313 g/mol. The molecular formula is C16H15N3O4. The SMILES string of the molecule is CC(=O)OC1c2ccccc2N(c2ncccn2)C1OC(C)=O. The van der Waals surface area contributed by atoms with Crippen molar-refractivity contribution < 1.29 is 19.1 Å². The molecule has 2 aromatic rings. The maximum atomic E-state index is 11.5. The number of fused-ring (bicyclic) bond motifs is 1. The van der Waals surface area contributed by atoms with Crippen molar-refractivity contribution in [1.29, 1.82) is 0 Å². The fraction of sp³-hybridized carbons (Fsp3) is 0.250. The molecule has 0 fully saturated rings. The molecule has 2 heterocycles. The van der Waals surface area contributed by atoms with Crippen LogP contribution in [0.1, 0.15) is 25.5 Å². The first-order valence-electron chi connectivity index (χ1n) is 7.07. The van der Waals surface area contributed by atoms with E-state index in [4.69, 9.17) is 9.47 Å². The van der Waals surface area contributed by atoms with Gasteiger partial charge in [-0.1, -0.05) is 18.2 Å². The minimum Gasteiger partial charge on any atom is -0.451 e. The van der Waals surface area contributed by atoms with Gasteiger partial charge in [0, 0.05) is 31.8 Å². The summed E-state index contributed by atoms with van der Waals surface area (Å²) in [7, 11) is 0. The van der Waals surface area contributed by atoms with Gasteiger partial charge in [0.1, 0.15) is 0 Å². The second-order valence-electron chi connectivity index (χ2n) is 5.01. The van der Waals surface area contributed by atoms with Gasteiger partial charge in [-0.05, 0) is 12.1 Å². The molecule has 7 nitrogen and oxygen atoms in total. The Kier molecular flexibility index (Phi) is 3.92. The second-order valence-corrected chi connectivity index (χ2v) is 5.01. The minimum atomic E-state index is -0.851. The molecule has 118 valence electrons. The Bertz CT molecular complexity index is 735. The van der Waals surface area contributed by atoms with E-state index in [-0.39, 0.29) is 0 Å². The van der Waals surface area contributed by atoms with Crippen molar-refractivity contribution in [2.45, 2.75) is 26.2 Å². The number of esters is 2. The van der Waals surface area contributed by atoms with Crippen LogP contribution in [0.5, 0.6) is 0 Å². The molecule has 0 saturated carbocycles. The number of hydrogen-bond donors (Lipinski definition) is 0. The zero-order chi connectivity index (χ0) is 16.4. The highest BCUT2D eigenvalue weighted by Gasteiger charge is 2.44. The van der Waals surface area contributed by atoms with E-state index in [2.05, 4.69) is 9.97 Å². The van der Waals surface area contributed by atoms with Crippen LogP contribution in [0.25, 0.3) is 0 Å². The Morgan fingerprint density at radius 1 is 1.00 bits per heavy atom. The third-order valence-corrected chi connectivity index (χ3v) is 3.36. The molecule has 1 aromatic carbocycles. The van der Waals surface area contributed by atoms with Gasteiger partial charge in [-0.25, -0.2) is 9.97 Å². The molecule has 1 aliphatic rings. The average Bonchev–Trinajstić information content (AvgIpc) is 2.81. The van der Waals surface area contributed by atoms with Gasteiger partial charge < -0.3 is 9.47 Å². The number of para-hydroxylation sites is 1. The Hall–Kier alpha value is -2.96. The third-order valence-electron chi connectivity index (χ3n) is 3.36. The Morgan fingerprint density at radius 2 is 1.65 bits per heavy atom. The summed E-state index contributed by atoms with van der Waals surface area (Å²) in [6.45, 7) is 2.62. The van der Waals surface area contributed by atoms with E-state index in [1.165, 1.54) is 13.8 Å². The van der Waals surface area contributed by atoms with Crippen molar-refractivity contribution in [3.05, 3.63) is 48.3 Å². The lowest BCUT2D eigenvalue weighted by atomic mass is 10.1. The van der Waals surface area contributed by atoms with E-state index in [1.54, 1.807) is 23.4 Å². The number of ether oxygens (including phenoxy) is 2. The van der Waals surface area contributed by atoms with Gasteiger partial charge in [0.15, 0.2) is 6.10 Å². The Morgan fingerprint density at radius 3 is 2.30 bits per heavy atom. The van der Waals surface area contributed by atoms with Crippen molar-refractivity contribution in [1.82, 2.24) is 9.97 Å². The third kappa shape index (κ3) is 2.85. The Labute approximate surface area is 132 Å². The van der Waals surface area contributed by atoms with Gasteiger partial charge in [-0.15, -0.1) is 0 Å². The molecule has 2 unspecified atom stereocenters. The summed E-state index contributed by atoms with van der Waals surface area (Å²) in [5, 5.41) is 0. The molecule has 7 heteroatoms. The highest BCUT2D eigenvalue weighted by atomic mass is 16.6. The van der Waals surface area contributed by atoms with Gasteiger partial charge in [0.2, 0.25) is 12.2 Å². The maximum absolute atomic E-state index is 11.5. The van der Waals surface area contributed by atoms with Crippen molar-refractivity contribution in [2.75, 3.05) is 4.90 Å². The number of rotatable bonds is 3. The highest BCUT2D eigenvalue weighted by Crippen LogP contribution is 2.45. The summed E-state index contributed by atoms with van der Waals surface area (Å²) in [6, 6.07) is 9.02. The topological polar surface area (TPSA) is 81.6 Å². The van der Waals surface area contributed by atoms with E-state index in [1.807, 2.05) is 24.3 Å². The van der Waals surface area contributed by atoms with Crippen molar-refractivity contribution in [3.63, 3.8) is 0 Å². The van der Waals surface area contributed by atoms with Gasteiger partial charge in [-0.3, -0.25) is 14.5 Å². The van der Waals surface area contributed by atoms with Crippen molar-refractivity contribution in [3.8, 4) is 0 Å². The molecule has 23 heavy (non-hydrogen) atoms. The lowest BCUT2D eigenvalue weighted by molar-refractivity contribution is -0.164. The fourth-order valence-corrected chi connectivity index (χ4v) is 2.60. The van der Waals surface area contributed by atoms with Crippen LogP contribution in [0.4, 0.5) is 11.6 Å². The molecule has 0 bridgehead atoms. The number of aromatic nitrogens is 2.